The number of piperidine rings is 1. The summed E-state index contributed by atoms with van der Waals surface area (Å²) in [5, 5.41) is 2.94. The van der Waals surface area contributed by atoms with E-state index in [1.807, 2.05) is 68.1 Å². The molecule has 1 N–H and O–H groups in total. The second kappa shape index (κ2) is 12.9. The molecule has 1 aliphatic rings. The number of carbonyl (C=O) groups is 2. The lowest BCUT2D eigenvalue weighted by Gasteiger charge is -2.34. The van der Waals surface area contributed by atoms with Crippen molar-refractivity contribution in [2.24, 2.45) is 7.05 Å². The SMILES string of the molecule is CC#CCn1c(N2CCC[C@@H](NC(=O)OC(C)(C)C)C2)nc2c1c(=O)n(CC(=O)c1ccccc1-c1ccccc1)c(=O)n2C. The quantitative estimate of drug-likeness (QED) is 0.248. The van der Waals surface area contributed by atoms with E-state index < -0.39 is 29.5 Å². The van der Waals surface area contributed by atoms with Gasteiger partial charge in [-0.2, -0.15) is 4.98 Å². The maximum Gasteiger partial charge on any atom is 0.407 e. The van der Waals surface area contributed by atoms with Gasteiger partial charge < -0.3 is 15.0 Å². The first-order chi connectivity index (χ1) is 21.5. The van der Waals surface area contributed by atoms with Crippen LogP contribution in [0.4, 0.5) is 10.7 Å². The number of hydrogen-bond acceptors (Lipinski definition) is 7. The maximum atomic E-state index is 14.0. The van der Waals surface area contributed by atoms with Crippen LogP contribution < -0.4 is 21.5 Å². The van der Waals surface area contributed by atoms with Crippen LogP contribution in [-0.2, 0) is 24.9 Å². The van der Waals surface area contributed by atoms with E-state index in [0.29, 0.717) is 24.6 Å². The van der Waals surface area contributed by atoms with E-state index in [1.54, 1.807) is 30.7 Å². The van der Waals surface area contributed by atoms with Crippen molar-refractivity contribution in [3.8, 4) is 23.0 Å². The molecule has 0 spiro atoms. The third-order valence-electron chi connectivity index (χ3n) is 7.67. The molecule has 1 amide bonds. The van der Waals surface area contributed by atoms with Gasteiger partial charge in [-0.05, 0) is 51.7 Å². The minimum Gasteiger partial charge on any atom is -0.444 e. The average Bonchev–Trinajstić information content (AvgIpc) is 3.40. The molecule has 1 saturated heterocycles. The Balaban J connectivity index is 1.53. The Bertz CT molecular complexity index is 1920. The second-order valence-electron chi connectivity index (χ2n) is 12.1. The molecule has 0 aliphatic carbocycles. The number of Topliss-reactive ketones (excluding diaryl/α,β-unsaturated/α-hetero) is 1. The Morgan fingerprint density at radius 1 is 1.04 bits per heavy atom. The van der Waals surface area contributed by atoms with Crippen LogP contribution in [0.3, 0.4) is 0 Å². The lowest BCUT2D eigenvalue weighted by molar-refractivity contribution is 0.0499. The molecule has 0 radical (unpaired) electrons. The fourth-order valence-corrected chi connectivity index (χ4v) is 5.62. The largest absolute Gasteiger partial charge is 0.444 e. The Hall–Kier alpha value is -5.11. The van der Waals surface area contributed by atoms with Crippen LogP contribution in [0.15, 0.2) is 64.2 Å². The Labute approximate surface area is 261 Å². The molecule has 5 rings (SSSR count). The number of aryl methyl sites for hydroxylation is 1. The van der Waals surface area contributed by atoms with Gasteiger partial charge in [-0.3, -0.25) is 23.3 Å². The molecular weight excluding hydrogens is 572 g/mol. The molecule has 0 bridgehead atoms. The highest BCUT2D eigenvalue weighted by Crippen LogP contribution is 2.25. The number of benzene rings is 2. The molecule has 11 nitrogen and oxygen atoms in total. The van der Waals surface area contributed by atoms with Gasteiger partial charge in [-0.25, -0.2) is 9.59 Å². The van der Waals surface area contributed by atoms with Crippen LogP contribution in [0.5, 0.6) is 0 Å². The summed E-state index contributed by atoms with van der Waals surface area (Å²) in [6.45, 7) is 7.91. The van der Waals surface area contributed by atoms with Gasteiger partial charge in [0.15, 0.2) is 16.9 Å². The van der Waals surface area contributed by atoms with Crippen molar-refractivity contribution < 1.29 is 14.3 Å². The predicted molar refractivity (Wildman–Crippen MR) is 173 cm³/mol. The number of ether oxygens (including phenoxy) is 1. The summed E-state index contributed by atoms with van der Waals surface area (Å²) in [5.74, 6) is 5.99. The topological polar surface area (TPSA) is 120 Å². The Morgan fingerprint density at radius 3 is 2.47 bits per heavy atom. The minimum absolute atomic E-state index is 0.154. The van der Waals surface area contributed by atoms with Gasteiger partial charge in [0.1, 0.15) is 5.60 Å². The minimum atomic E-state index is -0.640. The Morgan fingerprint density at radius 2 is 1.76 bits per heavy atom. The molecule has 1 atom stereocenters. The van der Waals surface area contributed by atoms with E-state index in [9.17, 15) is 19.2 Å². The van der Waals surface area contributed by atoms with Crippen molar-refractivity contribution in [1.82, 2.24) is 24.0 Å². The molecule has 4 aromatic rings. The van der Waals surface area contributed by atoms with Crippen LogP contribution in [0.25, 0.3) is 22.3 Å². The van der Waals surface area contributed by atoms with Gasteiger partial charge in [0, 0.05) is 31.7 Å². The zero-order valence-electron chi connectivity index (χ0n) is 26.3. The number of aromatic nitrogens is 4. The lowest BCUT2D eigenvalue weighted by Crippen LogP contribution is -2.49. The molecule has 1 aliphatic heterocycles. The number of carbonyl (C=O) groups excluding carboxylic acids is 2. The van der Waals surface area contributed by atoms with Crippen LogP contribution in [0.2, 0.25) is 0 Å². The number of alkyl carbamates (subject to hydrolysis) is 1. The van der Waals surface area contributed by atoms with Crippen LogP contribution in [0.1, 0.15) is 50.9 Å². The first-order valence-corrected chi connectivity index (χ1v) is 15.0. The molecule has 45 heavy (non-hydrogen) atoms. The van der Waals surface area contributed by atoms with E-state index in [-0.39, 0.29) is 29.5 Å². The summed E-state index contributed by atoms with van der Waals surface area (Å²) in [6.07, 6.45) is 1.02. The van der Waals surface area contributed by atoms with Crippen molar-refractivity contribution in [3.05, 3.63) is 81.0 Å². The number of hydrogen-bond donors (Lipinski definition) is 1. The van der Waals surface area contributed by atoms with E-state index in [2.05, 4.69) is 17.2 Å². The van der Waals surface area contributed by atoms with Gasteiger partial charge in [0.05, 0.1) is 13.1 Å². The molecule has 2 aromatic heterocycles. The zero-order valence-corrected chi connectivity index (χ0v) is 26.3. The summed E-state index contributed by atoms with van der Waals surface area (Å²) in [6, 6.07) is 16.4. The molecule has 0 unspecified atom stereocenters. The fraction of sp³-hybridized carbons (Fsp3) is 0.382. The molecule has 234 valence electrons. The number of amides is 1. The van der Waals surface area contributed by atoms with E-state index in [0.717, 1.165) is 28.5 Å². The molecule has 3 heterocycles. The normalized spacial score (nSPS) is 15.0. The Kier molecular flexibility index (Phi) is 8.95. The summed E-state index contributed by atoms with van der Waals surface area (Å²) < 4.78 is 9.41. The maximum absolute atomic E-state index is 14.0. The molecule has 1 fully saturated rings. The van der Waals surface area contributed by atoms with Crippen LogP contribution >= 0.6 is 0 Å². The third-order valence-corrected chi connectivity index (χ3v) is 7.67. The highest BCUT2D eigenvalue weighted by molar-refractivity contribution is 6.02. The van der Waals surface area contributed by atoms with E-state index in [4.69, 9.17) is 9.72 Å². The van der Waals surface area contributed by atoms with Crippen molar-refractivity contribution in [1.29, 1.82) is 0 Å². The van der Waals surface area contributed by atoms with Crippen LogP contribution in [-0.4, -0.2) is 55.3 Å². The molecule has 2 aromatic carbocycles. The number of anilines is 1. The van der Waals surface area contributed by atoms with E-state index in [1.165, 1.54) is 4.57 Å². The number of fused-ring (bicyclic) bond motifs is 1. The lowest BCUT2D eigenvalue weighted by atomic mass is 9.97. The summed E-state index contributed by atoms with van der Waals surface area (Å²) in [4.78, 5) is 60.5. The fourth-order valence-electron chi connectivity index (χ4n) is 5.62. The van der Waals surface area contributed by atoms with Gasteiger partial charge in [-0.15, -0.1) is 5.92 Å². The number of imidazole rings is 1. The van der Waals surface area contributed by atoms with Crippen LogP contribution in [0, 0.1) is 11.8 Å². The number of rotatable bonds is 7. The number of nitrogens with one attached hydrogen (secondary N) is 1. The van der Waals surface area contributed by atoms with Crippen molar-refractivity contribution in [2.75, 3.05) is 18.0 Å². The molecule has 11 heteroatoms. The zero-order chi connectivity index (χ0) is 32.3. The van der Waals surface area contributed by atoms with Gasteiger partial charge >= 0.3 is 11.8 Å². The third kappa shape index (κ3) is 6.70. The monoisotopic (exact) mass is 610 g/mol. The summed E-state index contributed by atoms with van der Waals surface area (Å²) >= 11 is 0. The highest BCUT2D eigenvalue weighted by Gasteiger charge is 2.29. The summed E-state index contributed by atoms with van der Waals surface area (Å²) in [7, 11) is 1.54. The summed E-state index contributed by atoms with van der Waals surface area (Å²) in [5.41, 5.74) is 0.504. The second-order valence-corrected chi connectivity index (χ2v) is 12.1. The van der Waals surface area contributed by atoms with Crippen molar-refractivity contribution >= 4 is 29.0 Å². The number of nitrogens with zero attached hydrogens (tertiary/aromatic N) is 5. The predicted octanol–water partition coefficient (Wildman–Crippen LogP) is 3.96. The first-order valence-electron chi connectivity index (χ1n) is 15.0. The molecular formula is C34H38N6O5. The van der Waals surface area contributed by atoms with Crippen molar-refractivity contribution in [2.45, 2.75) is 65.3 Å². The average molecular weight is 611 g/mol. The van der Waals surface area contributed by atoms with Gasteiger partial charge in [0.2, 0.25) is 5.95 Å². The van der Waals surface area contributed by atoms with Gasteiger partial charge in [-0.1, -0.05) is 60.5 Å². The van der Waals surface area contributed by atoms with E-state index >= 15 is 0 Å². The highest BCUT2D eigenvalue weighted by atomic mass is 16.6. The standard InChI is InChI=1S/C34H38N6O5/c1-6-7-20-39-28-29(36-31(39)38-19-13-16-24(21-38)35-32(43)45-34(2,3)4)37(5)33(44)40(30(28)42)22-27(41)26-18-12-11-17-25(26)23-14-9-8-10-15-23/h8-12,14-15,17-18,24H,13,16,19-22H2,1-5H3,(H,35,43)/t24-/m1/s1. The van der Waals surface area contributed by atoms with Crippen molar-refractivity contribution in [3.63, 3.8) is 0 Å². The first kappa shape index (κ1) is 31.3. The smallest absolute Gasteiger partial charge is 0.407 e. The number of ketones is 1. The molecule has 0 saturated carbocycles. The van der Waals surface area contributed by atoms with Gasteiger partial charge in [0.25, 0.3) is 5.56 Å².